The molecule has 3 N–H and O–H groups in total. The summed E-state index contributed by atoms with van der Waals surface area (Å²) in [6, 6.07) is 0. The van der Waals surface area contributed by atoms with Crippen LogP contribution in [0.15, 0.2) is 17.1 Å². The SMILES string of the molecule is C=C(C)CNC(N)=NCC1(CCOCC)CC1. The lowest BCUT2D eigenvalue weighted by atomic mass is 10.0. The van der Waals surface area contributed by atoms with E-state index in [2.05, 4.69) is 16.9 Å². The third kappa shape index (κ3) is 5.73. The Hall–Kier alpha value is -1.03. The molecule has 1 rings (SSSR count). The van der Waals surface area contributed by atoms with Crippen LogP contribution in [0.2, 0.25) is 0 Å². The van der Waals surface area contributed by atoms with Crippen LogP contribution in [-0.4, -0.2) is 32.3 Å². The van der Waals surface area contributed by atoms with E-state index in [1.165, 1.54) is 12.8 Å². The molecule has 0 bridgehead atoms. The molecule has 0 aromatic carbocycles. The van der Waals surface area contributed by atoms with Crippen molar-refractivity contribution >= 4 is 5.96 Å². The van der Waals surface area contributed by atoms with Gasteiger partial charge < -0.3 is 15.8 Å². The minimum absolute atomic E-state index is 0.366. The molecule has 0 atom stereocenters. The fourth-order valence-electron chi connectivity index (χ4n) is 1.65. The molecular formula is C13H25N3O. The summed E-state index contributed by atoms with van der Waals surface area (Å²) in [6.07, 6.45) is 3.59. The average molecular weight is 239 g/mol. The lowest BCUT2D eigenvalue weighted by Crippen LogP contribution is -2.33. The molecule has 4 heteroatoms. The lowest BCUT2D eigenvalue weighted by molar-refractivity contribution is 0.129. The van der Waals surface area contributed by atoms with Crippen LogP contribution in [0.5, 0.6) is 0 Å². The number of nitrogens with two attached hydrogens (primary N) is 1. The predicted molar refractivity (Wildman–Crippen MR) is 72.1 cm³/mol. The van der Waals surface area contributed by atoms with Crippen molar-refractivity contribution in [2.75, 3.05) is 26.3 Å². The van der Waals surface area contributed by atoms with E-state index in [0.29, 0.717) is 17.9 Å². The van der Waals surface area contributed by atoms with Gasteiger partial charge in [-0.2, -0.15) is 0 Å². The third-order valence-corrected chi connectivity index (χ3v) is 3.09. The molecule has 0 aromatic rings. The Balaban J connectivity index is 2.23. The monoisotopic (exact) mass is 239 g/mol. The number of nitrogens with one attached hydrogen (secondary N) is 1. The van der Waals surface area contributed by atoms with Crippen LogP contribution < -0.4 is 11.1 Å². The second-order valence-electron chi connectivity index (χ2n) is 4.96. The first-order valence-corrected chi connectivity index (χ1v) is 6.34. The average Bonchev–Trinajstić information content (AvgIpc) is 3.05. The minimum atomic E-state index is 0.366. The highest BCUT2D eigenvalue weighted by Gasteiger charge is 2.41. The minimum Gasteiger partial charge on any atom is -0.382 e. The number of aliphatic imine (C=N–C) groups is 1. The number of ether oxygens (including phenoxy) is 1. The fourth-order valence-corrected chi connectivity index (χ4v) is 1.65. The van der Waals surface area contributed by atoms with Gasteiger partial charge in [-0.25, -0.2) is 0 Å². The van der Waals surface area contributed by atoms with Crippen molar-refractivity contribution in [3.8, 4) is 0 Å². The van der Waals surface area contributed by atoms with Gasteiger partial charge in [-0.15, -0.1) is 0 Å². The van der Waals surface area contributed by atoms with E-state index in [-0.39, 0.29) is 0 Å². The summed E-state index contributed by atoms with van der Waals surface area (Å²) >= 11 is 0. The Morgan fingerprint density at radius 1 is 1.53 bits per heavy atom. The van der Waals surface area contributed by atoms with E-state index < -0.39 is 0 Å². The molecule has 0 radical (unpaired) electrons. The maximum absolute atomic E-state index is 5.78. The van der Waals surface area contributed by atoms with Gasteiger partial charge in [-0.3, -0.25) is 4.99 Å². The first-order chi connectivity index (χ1) is 8.08. The zero-order valence-electron chi connectivity index (χ0n) is 11.1. The van der Waals surface area contributed by atoms with Gasteiger partial charge in [-0.05, 0) is 38.5 Å². The van der Waals surface area contributed by atoms with Gasteiger partial charge in [0, 0.05) is 26.3 Å². The van der Waals surface area contributed by atoms with Gasteiger partial charge in [0.25, 0.3) is 0 Å². The van der Waals surface area contributed by atoms with E-state index >= 15 is 0 Å². The van der Waals surface area contributed by atoms with Crippen LogP contribution in [0, 0.1) is 5.41 Å². The van der Waals surface area contributed by atoms with Crippen molar-refractivity contribution < 1.29 is 4.74 Å². The standard InChI is InChI=1S/C13H25N3O/c1-4-17-8-7-13(5-6-13)10-16-12(14)15-9-11(2)3/h2,4-10H2,1,3H3,(H3,14,15,16). The van der Waals surface area contributed by atoms with Gasteiger partial charge in [0.2, 0.25) is 0 Å². The molecular weight excluding hydrogens is 214 g/mol. The smallest absolute Gasteiger partial charge is 0.188 e. The molecule has 98 valence electrons. The van der Waals surface area contributed by atoms with Crippen molar-refractivity contribution in [2.45, 2.75) is 33.1 Å². The quantitative estimate of drug-likeness (QED) is 0.293. The lowest BCUT2D eigenvalue weighted by Gasteiger charge is -2.13. The fraction of sp³-hybridized carbons (Fsp3) is 0.769. The second kappa shape index (κ2) is 6.64. The summed E-state index contributed by atoms with van der Waals surface area (Å²) < 4.78 is 5.39. The van der Waals surface area contributed by atoms with E-state index in [1.54, 1.807) is 0 Å². The molecule has 0 aliphatic heterocycles. The highest BCUT2D eigenvalue weighted by atomic mass is 16.5. The van der Waals surface area contributed by atoms with E-state index in [4.69, 9.17) is 10.5 Å². The van der Waals surface area contributed by atoms with Crippen LogP contribution in [0.25, 0.3) is 0 Å². The molecule has 17 heavy (non-hydrogen) atoms. The summed E-state index contributed by atoms with van der Waals surface area (Å²) in [4.78, 5) is 4.40. The Labute approximate surface area is 104 Å². The summed E-state index contributed by atoms with van der Waals surface area (Å²) in [6.45, 7) is 10.9. The molecule has 0 heterocycles. The van der Waals surface area contributed by atoms with E-state index in [9.17, 15) is 0 Å². The summed E-state index contributed by atoms with van der Waals surface area (Å²) in [5, 5.41) is 3.05. The molecule has 1 aliphatic carbocycles. The first kappa shape index (κ1) is 14.0. The summed E-state index contributed by atoms with van der Waals surface area (Å²) in [5.74, 6) is 0.524. The van der Waals surface area contributed by atoms with Gasteiger partial charge in [0.15, 0.2) is 5.96 Å². The summed E-state index contributed by atoms with van der Waals surface area (Å²) in [7, 11) is 0. The highest BCUT2D eigenvalue weighted by Crippen LogP contribution is 2.48. The van der Waals surface area contributed by atoms with E-state index in [1.807, 2.05) is 13.8 Å². The molecule has 0 spiro atoms. The zero-order chi connectivity index (χ0) is 12.7. The molecule has 0 saturated heterocycles. The van der Waals surface area contributed by atoms with Crippen molar-refractivity contribution in [1.82, 2.24) is 5.32 Å². The number of hydrogen-bond donors (Lipinski definition) is 2. The Kier molecular flexibility index (Phi) is 5.48. The van der Waals surface area contributed by atoms with E-state index in [0.717, 1.165) is 31.8 Å². The number of nitrogens with zero attached hydrogens (tertiary/aromatic N) is 1. The molecule has 0 amide bonds. The van der Waals surface area contributed by atoms with Gasteiger partial charge in [0.05, 0.1) is 0 Å². The first-order valence-electron chi connectivity index (χ1n) is 6.34. The molecule has 1 saturated carbocycles. The molecule has 1 fully saturated rings. The van der Waals surface area contributed by atoms with Crippen molar-refractivity contribution in [2.24, 2.45) is 16.1 Å². The van der Waals surface area contributed by atoms with Crippen molar-refractivity contribution in [3.63, 3.8) is 0 Å². The largest absolute Gasteiger partial charge is 0.382 e. The van der Waals surface area contributed by atoms with Crippen LogP contribution in [0.1, 0.15) is 33.1 Å². The van der Waals surface area contributed by atoms with Crippen LogP contribution >= 0.6 is 0 Å². The normalized spacial score (nSPS) is 17.9. The second-order valence-corrected chi connectivity index (χ2v) is 4.96. The zero-order valence-corrected chi connectivity index (χ0v) is 11.1. The third-order valence-electron chi connectivity index (χ3n) is 3.09. The Morgan fingerprint density at radius 3 is 2.76 bits per heavy atom. The van der Waals surface area contributed by atoms with Gasteiger partial charge in [-0.1, -0.05) is 12.2 Å². The van der Waals surface area contributed by atoms with Crippen LogP contribution in [0.3, 0.4) is 0 Å². The van der Waals surface area contributed by atoms with Crippen molar-refractivity contribution in [3.05, 3.63) is 12.2 Å². The topological polar surface area (TPSA) is 59.6 Å². The highest BCUT2D eigenvalue weighted by molar-refractivity contribution is 5.78. The molecule has 0 aromatic heterocycles. The number of guanidine groups is 1. The molecule has 1 aliphatic rings. The number of rotatable bonds is 8. The maximum atomic E-state index is 5.78. The summed E-state index contributed by atoms with van der Waals surface area (Å²) in [5.41, 5.74) is 7.20. The predicted octanol–water partition coefficient (Wildman–Crippen LogP) is 1.67. The van der Waals surface area contributed by atoms with Crippen molar-refractivity contribution in [1.29, 1.82) is 0 Å². The number of hydrogen-bond acceptors (Lipinski definition) is 2. The molecule has 4 nitrogen and oxygen atoms in total. The van der Waals surface area contributed by atoms with Crippen LogP contribution in [-0.2, 0) is 4.74 Å². The molecule has 0 unspecified atom stereocenters. The Morgan fingerprint density at radius 2 is 2.24 bits per heavy atom. The maximum Gasteiger partial charge on any atom is 0.188 e. The van der Waals surface area contributed by atoms with Gasteiger partial charge in [0.1, 0.15) is 0 Å². The van der Waals surface area contributed by atoms with Crippen LogP contribution in [0.4, 0.5) is 0 Å². The van der Waals surface area contributed by atoms with Gasteiger partial charge >= 0.3 is 0 Å². The Bertz CT molecular complexity index is 282.